The summed E-state index contributed by atoms with van der Waals surface area (Å²) >= 11 is 8.28. The number of ketones is 1. The summed E-state index contributed by atoms with van der Waals surface area (Å²) in [6, 6.07) is 26.5. The van der Waals surface area contributed by atoms with E-state index in [-0.39, 0.29) is 17.0 Å². The van der Waals surface area contributed by atoms with Crippen molar-refractivity contribution in [1.82, 2.24) is 0 Å². The van der Waals surface area contributed by atoms with E-state index in [1.807, 2.05) is 54.6 Å². The van der Waals surface area contributed by atoms with Gasteiger partial charge in [0.25, 0.3) is 0 Å². The molecule has 29 heavy (non-hydrogen) atoms. The smallest absolute Gasteiger partial charge is 0.162 e. The number of fused-ring (bicyclic) bond motifs is 1. The van der Waals surface area contributed by atoms with Gasteiger partial charge < -0.3 is 5.32 Å². The second-order valence-corrected chi connectivity index (χ2v) is 9.03. The van der Waals surface area contributed by atoms with Crippen LogP contribution in [0.3, 0.4) is 0 Å². The minimum absolute atomic E-state index is 0.112. The molecular weight excluding hydrogens is 398 g/mol. The standard InChI is InChI=1S/C25H20ClNOS/c26-19-11-5-4-10-18(19)25-24-21(27-20-12-6-7-13-23(20)29-25)14-17(15-22(24)28)16-8-2-1-3-9-16/h1-13,17,25,27H,14-15H2/t17-,25+/m0/s1. The van der Waals surface area contributed by atoms with Gasteiger partial charge in [0.05, 0.1) is 10.9 Å². The molecule has 0 radical (unpaired) electrons. The van der Waals surface area contributed by atoms with Gasteiger partial charge in [0.15, 0.2) is 5.78 Å². The molecule has 4 heteroatoms. The van der Waals surface area contributed by atoms with Crippen LogP contribution in [0.2, 0.25) is 5.02 Å². The number of nitrogens with one attached hydrogen (secondary N) is 1. The van der Waals surface area contributed by atoms with Gasteiger partial charge >= 0.3 is 0 Å². The third kappa shape index (κ3) is 3.50. The van der Waals surface area contributed by atoms with Crippen LogP contribution in [0.25, 0.3) is 0 Å². The van der Waals surface area contributed by atoms with Crippen LogP contribution in [0.4, 0.5) is 5.69 Å². The summed E-state index contributed by atoms with van der Waals surface area (Å²) in [5, 5.41) is 4.20. The van der Waals surface area contributed by atoms with Gasteiger partial charge in [0.2, 0.25) is 0 Å². The zero-order valence-corrected chi connectivity index (χ0v) is 17.3. The molecule has 2 atom stereocenters. The van der Waals surface area contributed by atoms with E-state index in [0.29, 0.717) is 11.4 Å². The first-order valence-electron chi connectivity index (χ1n) is 9.79. The summed E-state index contributed by atoms with van der Waals surface area (Å²) in [7, 11) is 0. The average Bonchev–Trinajstić information content (AvgIpc) is 2.91. The van der Waals surface area contributed by atoms with Crippen LogP contribution in [0.1, 0.15) is 35.1 Å². The van der Waals surface area contributed by atoms with Crippen LogP contribution in [-0.4, -0.2) is 5.78 Å². The lowest BCUT2D eigenvalue weighted by atomic mass is 9.80. The monoisotopic (exact) mass is 417 g/mol. The predicted molar refractivity (Wildman–Crippen MR) is 121 cm³/mol. The highest BCUT2D eigenvalue weighted by Gasteiger charge is 2.37. The third-order valence-electron chi connectivity index (χ3n) is 5.65. The minimum atomic E-state index is -0.112. The van der Waals surface area contributed by atoms with Gasteiger partial charge in [-0.25, -0.2) is 0 Å². The third-order valence-corrected chi connectivity index (χ3v) is 7.33. The quantitative estimate of drug-likeness (QED) is 0.486. The fourth-order valence-electron chi connectivity index (χ4n) is 4.24. The van der Waals surface area contributed by atoms with Crippen LogP contribution in [-0.2, 0) is 4.79 Å². The molecule has 0 saturated carbocycles. The van der Waals surface area contributed by atoms with Gasteiger partial charge in [-0.3, -0.25) is 4.79 Å². The van der Waals surface area contributed by atoms with Crippen LogP contribution in [0.15, 0.2) is 95.0 Å². The van der Waals surface area contributed by atoms with E-state index in [9.17, 15) is 4.79 Å². The molecule has 3 aromatic carbocycles. The number of carbonyl (C=O) groups excluding carboxylic acids is 1. The highest BCUT2D eigenvalue weighted by molar-refractivity contribution is 8.00. The Morgan fingerprint density at radius 2 is 1.59 bits per heavy atom. The number of thioether (sulfide) groups is 1. The number of carbonyl (C=O) groups is 1. The molecule has 144 valence electrons. The second kappa shape index (κ2) is 7.74. The first-order valence-corrected chi connectivity index (χ1v) is 11.0. The Balaban J connectivity index is 1.64. The summed E-state index contributed by atoms with van der Waals surface area (Å²) in [5.41, 5.74) is 5.16. The molecule has 0 unspecified atom stereocenters. The van der Waals surface area contributed by atoms with E-state index in [2.05, 4.69) is 29.6 Å². The molecule has 3 aromatic rings. The van der Waals surface area contributed by atoms with Crippen molar-refractivity contribution >= 4 is 34.8 Å². The largest absolute Gasteiger partial charge is 0.358 e. The molecule has 2 aliphatic rings. The van der Waals surface area contributed by atoms with Crippen molar-refractivity contribution < 1.29 is 4.79 Å². The highest BCUT2D eigenvalue weighted by atomic mass is 35.5. The number of anilines is 1. The van der Waals surface area contributed by atoms with Crippen molar-refractivity contribution in [3.8, 4) is 0 Å². The SMILES string of the molecule is O=C1C[C@@H](c2ccccc2)CC2=C1[C@@H](c1ccccc1Cl)Sc1ccccc1N2. The molecule has 1 N–H and O–H groups in total. The normalized spacial score (nSPS) is 21.1. The molecule has 0 fully saturated rings. The Morgan fingerprint density at radius 3 is 2.41 bits per heavy atom. The zero-order chi connectivity index (χ0) is 19.8. The van der Waals surface area contributed by atoms with E-state index < -0.39 is 0 Å². The summed E-state index contributed by atoms with van der Waals surface area (Å²) < 4.78 is 0. The zero-order valence-electron chi connectivity index (χ0n) is 15.8. The van der Waals surface area contributed by atoms with E-state index >= 15 is 0 Å². The van der Waals surface area contributed by atoms with Crippen LogP contribution < -0.4 is 5.32 Å². The Kier molecular flexibility index (Phi) is 4.94. The summed E-state index contributed by atoms with van der Waals surface area (Å²) in [6.07, 6.45) is 1.35. The lowest BCUT2D eigenvalue weighted by Gasteiger charge is -2.29. The maximum Gasteiger partial charge on any atom is 0.162 e. The summed E-state index contributed by atoms with van der Waals surface area (Å²) in [5.74, 6) is 0.398. The van der Waals surface area contributed by atoms with Gasteiger partial charge in [-0.2, -0.15) is 0 Å². The fraction of sp³-hybridized carbons (Fsp3) is 0.160. The number of hydrogen-bond acceptors (Lipinski definition) is 3. The summed E-state index contributed by atoms with van der Waals surface area (Å²) in [4.78, 5) is 14.6. The second-order valence-electron chi connectivity index (χ2n) is 7.47. The number of Topliss-reactive ketones (excluding diaryl/α,β-unsaturated/α-hetero) is 1. The van der Waals surface area contributed by atoms with Gasteiger partial charge in [-0.05, 0) is 41.7 Å². The van der Waals surface area contributed by atoms with E-state index in [0.717, 1.165) is 33.8 Å². The molecule has 0 aromatic heterocycles. The van der Waals surface area contributed by atoms with Crippen molar-refractivity contribution in [1.29, 1.82) is 0 Å². The lowest BCUT2D eigenvalue weighted by molar-refractivity contribution is -0.116. The molecule has 1 aliphatic heterocycles. The predicted octanol–water partition coefficient (Wildman–Crippen LogP) is 7.00. The number of halogens is 1. The Labute approximate surface area is 180 Å². The van der Waals surface area contributed by atoms with Crippen LogP contribution >= 0.6 is 23.4 Å². The molecule has 2 nitrogen and oxygen atoms in total. The molecule has 1 heterocycles. The number of hydrogen-bond donors (Lipinski definition) is 1. The van der Waals surface area contributed by atoms with Crippen LogP contribution in [0.5, 0.6) is 0 Å². The molecular formula is C25H20ClNOS. The maximum absolute atomic E-state index is 13.5. The number of allylic oxidation sites excluding steroid dienone is 1. The van der Waals surface area contributed by atoms with Crippen molar-refractivity contribution in [3.05, 3.63) is 106 Å². The Morgan fingerprint density at radius 1 is 0.862 bits per heavy atom. The first-order chi connectivity index (χ1) is 14.2. The van der Waals surface area contributed by atoms with Gasteiger partial charge in [0.1, 0.15) is 0 Å². The van der Waals surface area contributed by atoms with Crippen LogP contribution in [0, 0.1) is 0 Å². The highest BCUT2D eigenvalue weighted by Crippen LogP contribution is 2.52. The van der Waals surface area contributed by atoms with Gasteiger partial charge in [0, 0.05) is 27.6 Å². The lowest BCUT2D eigenvalue weighted by Crippen LogP contribution is -2.24. The van der Waals surface area contributed by atoms with E-state index in [4.69, 9.17) is 11.6 Å². The number of benzene rings is 3. The van der Waals surface area contributed by atoms with Crippen molar-refractivity contribution in [2.75, 3.05) is 5.32 Å². The average molecular weight is 418 g/mol. The molecule has 0 saturated heterocycles. The van der Waals surface area contributed by atoms with Crippen molar-refractivity contribution in [2.24, 2.45) is 0 Å². The maximum atomic E-state index is 13.5. The molecule has 1 aliphatic carbocycles. The van der Waals surface area contributed by atoms with Crippen molar-refractivity contribution in [2.45, 2.75) is 28.9 Å². The van der Waals surface area contributed by atoms with E-state index in [1.165, 1.54) is 5.56 Å². The minimum Gasteiger partial charge on any atom is -0.358 e. The fourth-order valence-corrected chi connectivity index (χ4v) is 5.93. The molecule has 0 amide bonds. The Hall–Kier alpha value is -2.49. The van der Waals surface area contributed by atoms with Gasteiger partial charge in [-0.15, -0.1) is 11.8 Å². The molecule has 0 bridgehead atoms. The number of para-hydroxylation sites is 1. The number of rotatable bonds is 2. The van der Waals surface area contributed by atoms with Crippen molar-refractivity contribution in [3.63, 3.8) is 0 Å². The van der Waals surface area contributed by atoms with E-state index in [1.54, 1.807) is 11.8 Å². The Bertz CT molecular complexity index is 1110. The first kappa shape index (κ1) is 18.5. The topological polar surface area (TPSA) is 29.1 Å². The summed E-state index contributed by atoms with van der Waals surface area (Å²) in [6.45, 7) is 0. The van der Waals surface area contributed by atoms with Gasteiger partial charge in [-0.1, -0.05) is 72.3 Å². The molecule has 5 rings (SSSR count). The molecule has 0 spiro atoms.